The lowest BCUT2D eigenvalue weighted by Gasteiger charge is -2.43. The Bertz CT molecular complexity index is 766. The summed E-state index contributed by atoms with van der Waals surface area (Å²) >= 11 is 0. The molecule has 0 radical (unpaired) electrons. The fourth-order valence-corrected chi connectivity index (χ4v) is 9.26. The fraction of sp³-hybridized carbons (Fsp3) is 0.500. The summed E-state index contributed by atoms with van der Waals surface area (Å²) in [6, 6.07) is 22.1. The highest BCUT2D eigenvalue weighted by atomic mass is 28.4. The van der Waals surface area contributed by atoms with Crippen molar-refractivity contribution in [3.63, 3.8) is 0 Å². The van der Waals surface area contributed by atoms with Gasteiger partial charge in [-0.2, -0.15) is 5.10 Å². The van der Waals surface area contributed by atoms with Gasteiger partial charge in [0.2, 0.25) is 0 Å². The van der Waals surface area contributed by atoms with Crippen LogP contribution in [0, 0.1) is 0 Å². The first-order valence-electron chi connectivity index (χ1n) is 11.5. The van der Waals surface area contributed by atoms with Crippen molar-refractivity contribution in [1.82, 2.24) is 5.01 Å². The van der Waals surface area contributed by atoms with Gasteiger partial charge in [0.25, 0.3) is 8.32 Å². The number of nitrogens with zero attached hydrogens (tertiary/aromatic N) is 2. The maximum atomic E-state index is 6.94. The van der Waals surface area contributed by atoms with Gasteiger partial charge in [-0.3, -0.25) is 5.01 Å². The molecule has 1 heterocycles. The maximum absolute atomic E-state index is 6.94. The lowest BCUT2D eigenvalue weighted by molar-refractivity contribution is 0.118. The van der Waals surface area contributed by atoms with Crippen LogP contribution in [0.15, 0.2) is 65.8 Å². The number of unbranched alkanes of at least 4 members (excludes halogenated alkanes) is 1. The molecule has 0 aliphatic carbocycles. The summed E-state index contributed by atoms with van der Waals surface area (Å²) in [6.45, 7) is 9.50. The number of methoxy groups -OCH3 is 1. The van der Waals surface area contributed by atoms with Crippen LogP contribution in [-0.2, 0) is 9.16 Å². The number of rotatable bonds is 10. The predicted octanol–water partition coefficient (Wildman–Crippen LogP) is 4.44. The summed E-state index contributed by atoms with van der Waals surface area (Å²) in [4.78, 5) is 0. The third-order valence-corrected chi connectivity index (χ3v) is 11.2. The maximum Gasteiger partial charge on any atom is 0.261 e. The molecule has 1 atom stereocenters. The highest BCUT2D eigenvalue weighted by Crippen LogP contribution is 2.36. The van der Waals surface area contributed by atoms with Gasteiger partial charge in [0.1, 0.15) is 0 Å². The average molecular weight is 439 g/mol. The zero-order valence-electron chi connectivity index (χ0n) is 19.6. The van der Waals surface area contributed by atoms with E-state index < -0.39 is 8.32 Å². The number of ether oxygens (including phenoxy) is 1. The second-order valence-corrected chi connectivity index (χ2v) is 13.7. The molecule has 3 rings (SSSR count). The first kappa shape index (κ1) is 23.7. The SMILES string of the molecule is COC[C@@H]1CCCN1/N=C/CCCO[Si](c1ccccc1)(c1ccccc1)C(C)(C)C. The monoisotopic (exact) mass is 438 g/mol. The van der Waals surface area contributed by atoms with Gasteiger partial charge < -0.3 is 9.16 Å². The van der Waals surface area contributed by atoms with Crippen LogP contribution in [-0.4, -0.2) is 52.5 Å². The van der Waals surface area contributed by atoms with Gasteiger partial charge in [0, 0.05) is 26.5 Å². The minimum Gasteiger partial charge on any atom is -0.407 e. The molecule has 2 aromatic carbocycles. The van der Waals surface area contributed by atoms with Gasteiger partial charge in [-0.15, -0.1) is 0 Å². The van der Waals surface area contributed by atoms with Crippen LogP contribution in [0.4, 0.5) is 0 Å². The molecule has 0 unspecified atom stereocenters. The van der Waals surface area contributed by atoms with Crippen molar-refractivity contribution in [2.45, 2.75) is 57.5 Å². The van der Waals surface area contributed by atoms with Crippen molar-refractivity contribution in [2.24, 2.45) is 5.10 Å². The summed E-state index contributed by atoms with van der Waals surface area (Å²) in [6.07, 6.45) is 6.32. The average Bonchev–Trinajstić information content (AvgIpc) is 3.21. The number of hydrogen-bond acceptors (Lipinski definition) is 4. The largest absolute Gasteiger partial charge is 0.407 e. The smallest absolute Gasteiger partial charge is 0.261 e. The molecule has 0 aromatic heterocycles. The molecule has 1 saturated heterocycles. The zero-order chi connectivity index (χ0) is 22.2. The van der Waals surface area contributed by atoms with E-state index in [2.05, 4.69) is 92.7 Å². The first-order valence-corrected chi connectivity index (χ1v) is 13.4. The molecule has 168 valence electrons. The van der Waals surface area contributed by atoms with Crippen LogP contribution in [0.3, 0.4) is 0 Å². The van der Waals surface area contributed by atoms with E-state index in [1.807, 2.05) is 0 Å². The normalized spacial score (nSPS) is 17.5. The second kappa shape index (κ2) is 11.1. The first-order chi connectivity index (χ1) is 15.0. The molecule has 1 fully saturated rings. The highest BCUT2D eigenvalue weighted by Gasteiger charge is 2.49. The number of benzene rings is 2. The predicted molar refractivity (Wildman–Crippen MR) is 133 cm³/mol. The molecule has 0 saturated carbocycles. The van der Waals surface area contributed by atoms with Gasteiger partial charge in [-0.1, -0.05) is 81.4 Å². The van der Waals surface area contributed by atoms with Gasteiger partial charge in [0.05, 0.1) is 12.6 Å². The Morgan fingerprint density at radius 3 is 2.19 bits per heavy atom. The number of hydrogen-bond donors (Lipinski definition) is 0. The van der Waals surface area contributed by atoms with Crippen LogP contribution in [0.1, 0.15) is 46.5 Å². The van der Waals surface area contributed by atoms with Gasteiger partial charge in [0.15, 0.2) is 0 Å². The van der Waals surface area contributed by atoms with Crippen molar-refractivity contribution in [2.75, 3.05) is 26.9 Å². The van der Waals surface area contributed by atoms with Crippen LogP contribution < -0.4 is 10.4 Å². The minimum atomic E-state index is -2.43. The number of hydrazone groups is 1. The Balaban J connectivity index is 1.69. The topological polar surface area (TPSA) is 34.1 Å². The van der Waals surface area contributed by atoms with Crippen molar-refractivity contribution >= 4 is 24.9 Å². The highest BCUT2D eigenvalue weighted by molar-refractivity contribution is 6.99. The van der Waals surface area contributed by atoms with Crippen molar-refractivity contribution in [1.29, 1.82) is 0 Å². The molecule has 31 heavy (non-hydrogen) atoms. The molecule has 5 heteroatoms. The molecule has 1 aliphatic heterocycles. The van der Waals surface area contributed by atoms with Gasteiger partial charge in [-0.05, 0) is 41.1 Å². The van der Waals surface area contributed by atoms with Crippen molar-refractivity contribution < 1.29 is 9.16 Å². The Labute approximate surface area is 189 Å². The van der Waals surface area contributed by atoms with E-state index in [-0.39, 0.29) is 5.04 Å². The van der Waals surface area contributed by atoms with Crippen molar-refractivity contribution in [3.8, 4) is 0 Å². The molecule has 1 aliphatic rings. The second-order valence-electron chi connectivity index (χ2n) is 9.37. The Morgan fingerprint density at radius 2 is 1.65 bits per heavy atom. The van der Waals surface area contributed by atoms with Crippen LogP contribution in [0.25, 0.3) is 0 Å². The van der Waals surface area contributed by atoms with E-state index in [1.54, 1.807) is 7.11 Å². The summed E-state index contributed by atoms with van der Waals surface area (Å²) in [5.74, 6) is 0. The third-order valence-electron chi connectivity index (χ3n) is 6.15. The molecule has 4 nitrogen and oxygen atoms in total. The Morgan fingerprint density at radius 1 is 1.03 bits per heavy atom. The van der Waals surface area contributed by atoms with E-state index in [9.17, 15) is 0 Å². The van der Waals surface area contributed by atoms with Crippen LogP contribution in [0.2, 0.25) is 5.04 Å². The molecule has 0 bridgehead atoms. The zero-order valence-corrected chi connectivity index (χ0v) is 20.6. The van der Waals surface area contributed by atoms with Crippen LogP contribution in [0.5, 0.6) is 0 Å². The Kier molecular flexibility index (Phi) is 8.47. The quantitative estimate of drug-likeness (QED) is 0.312. The third kappa shape index (κ3) is 5.65. The van der Waals surface area contributed by atoms with E-state index in [4.69, 9.17) is 14.3 Å². The van der Waals surface area contributed by atoms with Crippen LogP contribution >= 0.6 is 0 Å². The lowest BCUT2D eigenvalue weighted by Crippen LogP contribution is -2.66. The lowest BCUT2D eigenvalue weighted by atomic mass is 10.2. The molecular formula is C26H38N2O2Si. The van der Waals surface area contributed by atoms with Gasteiger partial charge in [-0.25, -0.2) is 0 Å². The summed E-state index contributed by atoms with van der Waals surface area (Å²) in [5, 5.41) is 9.58. The molecular weight excluding hydrogens is 400 g/mol. The summed E-state index contributed by atoms with van der Waals surface area (Å²) in [7, 11) is -0.662. The molecule has 0 N–H and O–H groups in total. The van der Waals surface area contributed by atoms with E-state index >= 15 is 0 Å². The summed E-state index contributed by atoms with van der Waals surface area (Å²) in [5.41, 5.74) is 0. The van der Waals surface area contributed by atoms with Crippen molar-refractivity contribution in [3.05, 3.63) is 60.7 Å². The summed E-state index contributed by atoms with van der Waals surface area (Å²) < 4.78 is 12.3. The van der Waals surface area contributed by atoms with E-state index in [1.165, 1.54) is 23.2 Å². The molecule has 0 spiro atoms. The fourth-order valence-electron chi connectivity index (χ4n) is 4.66. The minimum absolute atomic E-state index is 0.0206. The Hall–Kier alpha value is -1.95. The standard InChI is InChI=1S/C26H38N2O2Si/c1-26(2,3)31(24-15-7-5-8-16-24,25-17-9-6-10-18-25)30-21-12-11-19-27-28-20-13-14-23(28)22-29-4/h5-10,15-19,23H,11-14,20-22H2,1-4H3/b27-19+/t23-/m0/s1. The molecule has 0 amide bonds. The van der Waals surface area contributed by atoms with Gasteiger partial charge >= 0.3 is 0 Å². The van der Waals surface area contributed by atoms with E-state index in [0.29, 0.717) is 6.04 Å². The molecule has 2 aromatic rings. The van der Waals surface area contributed by atoms with E-state index in [0.717, 1.165) is 32.6 Å².